The van der Waals surface area contributed by atoms with Crippen LogP contribution in [0.4, 0.5) is 18.9 Å². The highest BCUT2D eigenvalue weighted by atomic mass is 19.4. The van der Waals surface area contributed by atoms with Gasteiger partial charge < -0.3 is 19.4 Å². The quantitative estimate of drug-likeness (QED) is 0.366. The van der Waals surface area contributed by atoms with Gasteiger partial charge in [-0.3, -0.25) is 4.79 Å². The Morgan fingerprint density at radius 1 is 1.15 bits per heavy atom. The van der Waals surface area contributed by atoms with Crippen molar-refractivity contribution in [2.24, 2.45) is 7.05 Å². The average Bonchev–Trinajstić information content (AvgIpc) is 3.63. The minimum atomic E-state index is -4.57. The van der Waals surface area contributed by atoms with E-state index in [1.807, 2.05) is 23.7 Å². The van der Waals surface area contributed by atoms with Crippen molar-refractivity contribution in [1.82, 2.24) is 29.6 Å². The number of alkyl halides is 3. The smallest absolute Gasteiger partial charge is 0.323 e. The largest absolute Gasteiger partial charge is 0.416 e. The number of anilines is 1. The third-order valence-electron chi connectivity index (χ3n) is 7.89. The minimum absolute atomic E-state index is 0.0102. The molecule has 6 rings (SSSR count). The highest BCUT2D eigenvalue weighted by molar-refractivity contribution is 6.10. The van der Waals surface area contributed by atoms with Crippen LogP contribution >= 0.6 is 0 Å². The van der Waals surface area contributed by atoms with E-state index in [0.29, 0.717) is 17.1 Å². The van der Waals surface area contributed by atoms with Crippen molar-refractivity contribution in [3.8, 4) is 0 Å². The van der Waals surface area contributed by atoms with Gasteiger partial charge in [-0.25, -0.2) is 4.98 Å². The van der Waals surface area contributed by atoms with Crippen LogP contribution in [-0.4, -0.2) is 35.8 Å². The maximum atomic E-state index is 14.2. The topological polar surface area (TPSA) is 80.9 Å². The van der Waals surface area contributed by atoms with Crippen LogP contribution in [0.2, 0.25) is 0 Å². The molecule has 1 aliphatic carbocycles. The normalized spacial score (nSPS) is 17.3. The monoisotopic (exact) mass is 535 g/mol. The Balaban J connectivity index is 1.35. The Hall–Kier alpha value is -3.99. The molecule has 8 nitrogen and oxygen atoms in total. The number of hydrogen-bond donors (Lipinski definition) is 1. The van der Waals surface area contributed by atoms with Crippen molar-refractivity contribution in [3.05, 3.63) is 95.1 Å². The Morgan fingerprint density at radius 2 is 1.97 bits per heavy atom. The van der Waals surface area contributed by atoms with E-state index in [-0.39, 0.29) is 29.8 Å². The number of carbonyl (C=O) groups excluding carboxylic acids is 1. The first-order valence-electron chi connectivity index (χ1n) is 12.8. The lowest BCUT2D eigenvalue weighted by Crippen LogP contribution is -2.47. The Labute approximate surface area is 223 Å². The molecule has 11 heteroatoms. The van der Waals surface area contributed by atoms with E-state index in [1.165, 1.54) is 11.0 Å². The lowest BCUT2D eigenvalue weighted by molar-refractivity contribution is -0.138. The van der Waals surface area contributed by atoms with Crippen LogP contribution in [0.1, 0.15) is 70.7 Å². The van der Waals surface area contributed by atoms with Crippen molar-refractivity contribution in [2.75, 3.05) is 4.90 Å². The lowest BCUT2D eigenvalue weighted by Gasteiger charge is -2.39. The molecule has 1 fully saturated rings. The average molecular weight is 536 g/mol. The number of fused-ring (bicyclic) bond motifs is 1. The van der Waals surface area contributed by atoms with Crippen molar-refractivity contribution in [2.45, 2.75) is 57.0 Å². The van der Waals surface area contributed by atoms with Gasteiger partial charge in [-0.05, 0) is 67.1 Å². The molecule has 1 N–H and O–H groups in total. The third-order valence-corrected chi connectivity index (χ3v) is 7.89. The number of nitrogens with one attached hydrogen (secondary N) is 1. The molecular weight excluding hydrogens is 507 g/mol. The van der Waals surface area contributed by atoms with Crippen molar-refractivity contribution >= 4 is 11.6 Å². The number of imidazole rings is 1. The van der Waals surface area contributed by atoms with E-state index < -0.39 is 23.7 Å². The van der Waals surface area contributed by atoms with Crippen LogP contribution in [-0.2, 0) is 26.3 Å². The fourth-order valence-corrected chi connectivity index (χ4v) is 5.51. The summed E-state index contributed by atoms with van der Waals surface area (Å²) < 4.78 is 46.2. The number of nitrogens with zero attached hydrogens (tertiary/aromatic N) is 6. The summed E-state index contributed by atoms with van der Waals surface area (Å²) in [6, 6.07) is 9.64. The molecule has 0 spiro atoms. The van der Waals surface area contributed by atoms with Gasteiger partial charge in [0.05, 0.1) is 18.4 Å². The number of carbonyl (C=O) groups is 1. The van der Waals surface area contributed by atoms with E-state index in [4.69, 9.17) is 0 Å². The summed E-state index contributed by atoms with van der Waals surface area (Å²) in [5.74, 6) is 0.208. The highest BCUT2D eigenvalue weighted by Gasteiger charge is 2.41. The van der Waals surface area contributed by atoms with Crippen molar-refractivity contribution in [3.63, 3.8) is 0 Å². The molecule has 1 atom stereocenters. The van der Waals surface area contributed by atoms with Gasteiger partial charge >= 0.3 is 6.18 Å². The second-order valence-corrected chi connectivity index (χ2v) is 10.6. The number of benzene rings is 2. The molecule has 2 aromatic heterocycles. The molecule has 39 heavy (non-hydrogen) atoms. The molecule has 202 valence electrons. The van der Waals surface area contributed by atoms with Gasteiger partial charge in [0, 0.05) is 42.8 Å². The van der Waals surface area contributed by atoms with Gasteiger partial charge in [0.15, 0.2) is 5.82 Å². The second-order valence-electron chi connectivity index (χ2n) is 10.6. The highest BCUT2D eigenvalue weighted by Crippen LogP contribution is 2.40. The van der Waals surface area contributed by atoms with Gasteiger partial charge in [0.2, 0.25) is 0 Å². The van der Waals surface area contributed by atoms with Gasteiger partial charge in [0.25, 0.3) is 5.91 Å². The number of rotatable bonds is 7. The fourth-order valence-electron chi connectivity index (χ4n) is 5.51. The summed E-state index contributed by atoms with van der Waals surface area (Å²) in [6.45, 7) is 2.20. The summed E-state index contributed by atoms with van der Waals surface area (Å²) in [5, 5.41) is 11.6. The van der Waals surface area contributed by atoms with E-state index in [0.717, 1.165) is 24.8 Å². The zero-order valence-electron chi connectivity index (χ0n) is 21.6. The summed E-state index contributed by atoms with van der Waals surface area (Å²) in [5.41, 5.74) is 1.05. The van der Waals surface area contributed by atoms with E-state index in [9.17, 15) is 18.0 Å². The first-order chi connectivity index (χ1) is 18.6. The van der Waals surface area contributed by atoms with Crippen molar-refractivity contribution in [1.29, 1.82) is 0 Å². The molecular formula is C28H28F3N7O. The molecule has 1 amide bonds. The summed E-state index contributed by atoms with van der Waals surface area (Å²) in [7, 11) is 1.83. The van der Waals surface area contributed by atoms with E-state index >= 15 is 0 Å². The summed E-state index contributed by atoms with van der Waals surface area (Å²) >= 11 is 0. The maximum absolute atomic E-state index is 14.2. The fraction of sp³-hybridized carbons (Fsp3) is 0.357. The minimum Gasteiger partial charge on any atom is -0.323 e. The van der Waals surface area contributed by atoms with Crippen LogP contribution in [0.3, 0.4) is 0 Å². The maximum Gasteiger partial charge on any atom is 0.416 e. The zero-order chi connectivity index (χ0) is 27.4. The summed E-state index contributed by atoms with van der Waals surface area (Å²) in [6.07, 6.45) is 5.23. The van der Waals surface area contributed by atoms with Gasteiger partial charge in [-0.1, -0.05) is 12.1 Å². The molecule has 2 aliphatic rings. The molecule has 3 heterocycles. The lowest BCUT2D eigenvalue weighted by atomic mass is 9.78. The molecule has 0 radical (unpaired) electrons. The van der Waals surface area contributed by atoms with Gasteiger partial charge in [-0.2, -0.15) is 13.2 Å². The van der Waals surface area contributed by atoms with Crippen molar-refractivity contribution < 1.29 is 18.0 Å². The van der Waals surface area contributed by atoms with Crippen LogP contribution in [0.15, 0.2) is 61.4 Å². The van der Waals surface area contributed by atoms with E-state index in [1.54, 1.807) is 47.8 Å². The van der Waals surface area contributed by atoms with Crippen LogP contribution in [0.5, 0.6) is 0 Å². The summed E-state index contributed by atoms with van der Waals surface area (Å²) in [4.78, 5) is 19.2. The third kappa shape index (κ3) is 4.60. The zero-order valence-corrected chi connectivity index (χ0v) is 21.6. The molecule has 0 saturated heterocycles. The molecule has 1 aliphatic heterocycles. The number of aromatic nitrogens is 5. The predicted molar refractivity (Wildman–Crippen MR) is 138 cm³/mol. The van der Waals surface area contributed by atoms with Crippen LogP contribution in [0.25, 0.3) is 0 Å². The standard InChI is InChI=1S/C28H28F3N7O/c1-27(7-4-8-27)33-14-18-11-21-22(23(12-18)28(29,30)31)15-38(26(21)39)20-6-3-5-19(13-20)24(37-10-9-32-16-37)25-35-34-17-36(25)2/h3,5-6,9-13,16-17,24,33H,4,7-8,14-15H2,1-2H3/t24-/m0/s1. The van der Waals surface area contributed by atoms with E-state index in [2.05, 4.69) is 27.4 Å². The van der Waals surface area contributed by atoms with Gasteiger partial charge in [-0.15, -0.1) is 10.2 Å². The molecule has 0 unspecified atom stereocenters. The molecule has 1 saturated carbocycles. The second kappa shape index (κ2) is 9.33. The first-order valence-corrected chi connectivity index (χ1v) is 12.8. The molecule has 2 aromatic carbocycles. The number of hydrogen-bond acceptors (Lipinski definition) is 5. The Morgan fingerprint density at radius 3 is 2.62 bits per heavy atom. The predicted octanol–water partition coefficient (Wildman–Crippen LogP) is 4.86. The first kappa shape index (κ1) is 25.3. The number of amides is 1. The van der Waals surface area contributed by atoms with Crippen LogP contribution in [0, 0.1) is 0 Å². The SMILES string of the molecule is Cn1cnnc1[C@H](c1cccc(N2Cc3c(cc(CNC4(C)CCC4)cc3C(F)(F)F)C2=O)c1)n1ccnc1. The molecule has 0 bridgehead atoms. The Bertz CT molecular complexity index is 1520. The molecule has 4 aromatic rings. The van der Waals surface area contributed by atoms with Gasteiger partial charge in [0.1, 0.15) is 12.4 Å². The van der Waals surface area contributed by atoms with Crippen LogP contribution < -0.4 is 10.2 Å². The Kier molecular flexibility index (Phi) is 6.05. The number of aryl methyl sites for hydroxylation is 1. The number of halogens is 3.